The first-order valence-electron chi connectivity index (χ1n) is 3.90. The van der Waals surface area contributed by atoms with E-state index in [4.69, 9.17) is 10.0 Å². The number of nitrogens with zero attached hydrogens (tertiary/aromatic N) is 1. The summed E-state index contributed by atoms with van der Waals surface area (Å²) in [6.07, 6.45) is 5.15. The average molecular weight is 179 g/mol. The van der Waals surface area contributed by atoms with Gasteiger partial charge in [-0.05, 0) is 0 Å². The molecule has 1 aliphatic carbocycles. The third kappa shape index (κ3) is 1.26. The van der Waals surface area contributed by atoms with Crippen LogP contribution in [0.5, 0.6) is 0 Å². The number of fused-ring (bicyclic) bond motifs is 1. The highest BCUT2D eigenvalue weighted by atomic mass is 19.1. The van der Waals surface area contributed by atoms with Gasteiger partial charge in [-0.25, -0.2) is 4.39 Å². The number of rotatable bonds is 1. The van der Waals surface area contributed by atoms with Crippen molar-refractivity contribution in [3.63, 3.8) is 0 Å². The van der Waals surface area contributed by atoms with Crippen LogP contribution in [0.2, 0.25) is 0 Å². The van der Waals surface area contributed by atoms with Crippen LogP contribution in [-0.4, -0.2) is 22.2 Å². The zero-order valence-electron chi connectivity index (χ0n) is 6.74. The van der Waals surface area contributed by atoms with Crippen LogP contribution in [0.4, 0.5) is 4.39 Å². The van der Waals surface area contributed by atoms with Gasteiger partial charge in [0, 0.05) is 23.6 Å². The monoisotopic (exact) mass is 179 g/mol. The van der Waals surface area contributed by atoms with Gasteiger partial charge in [0.05, 0.1) is 5.69 Å². The van der Waals surface area contributed by atoms with E-state index in [-0.39, 0.29) is 5.46 Å². The van der Waals surface area contributed by atoms with Crippen molar-refractivity contribution < 1.29 is 14.4 Å². The van der Waals surface area contributed by atoms with E-state index in [1.54, 1.807) is 12.2 Å². The third-order valence-electron chi connectivity index (χ3n) is 2.03. The lowest BCUT2D eigenvalue weighted by Crippen LogP contribution is -2.34. The van der Waals surface area contributed by atoms with Gasteiger partial charge in [0.25, 0.3) is 0 Å². The Bertz CT molecular complexity index is 379. The second-order valence-corrected chi connectivity index (χ2v) is 2.87. The zero-order valence-corrected chi connectivity index (χ0v) is 6.74. The molecule has 5 heteroatoms. The molecule has 0 radical (unpaired) electrons. The molecule has 0 bridgehead atoms. The van der Waals surface area contributed by atoms with Crippen molar-refractivity contribution in [3.05, 3.63) is 29.3 Å². The predicted octanol–water partition coefficient (Wildman–Crippen LogP) is -0.530. The third-order valence-corrected chi connectivity index (χ3v) is 2.03. The predicted molar refractivity (Wildman–Crippen MR) is 46.8 cm³/mol. The van der Waals surface area contributed by atoms with Gasteiger partial charge in [-0.1, -0.05) is 12.2 Å². The Morgan fingerprint density at radius 1 is 1.46 bits per heavy atom. The fourth-order valence-corrected chi connectivity index (χ4v) is 1.36. The summed E-state index contributed by atoms with van der Waals surface area (Å²) in [7, 11) is -1.80. The first-order valence-corrected chi connectivity index (χ1v) is 3.90. The molecule has 2 N–H and O–H groups in total. The Morgan fingerprint density at radius 2 is 2.23 bits per heavy atom. The van der Waals surface area contributed by atoms with Gasteiger partial charge in [0.1, 0.15) is 5.82 Å². The molecule has 1 aromatic heterocycles. The Hall–Kier alpha value is -1.20. The molecule has 66 valence electrons. The van der Waals surface area contributed by atoms with Crippen LogP contribution >= 0.6 is 0 Å². The van der Waals surface area contributed by atoms with Crippen molar-refractivity contribution in [2.24, 2.45) is 0 Å². The number of pyridine rings is 1. The topological polar surface area (TPSA) is 53.4 Å². The minimum Gasteiger partial charge on any atom is -0.423 e. The Morgan fingerprint density at radius 3 is 2.92 bits per heavy atom. The lowest BCUT2D eigenvalue weighted by Gasteiger charge is -2.04. The summed E-state index contributed by atoms with van der Waals surface area (Å²) in [4.78, 5) is 3.92. The molecule has 0 spiro atoms. The number of halogens is 1. The first kappa shape index (κ1) is 8.41. The van der Waals surface area contributed by atoms with Crippen LogP contribution in [0.1, 0.15) is 11.3 Å². The normalized spacial score (nSPS) is 13.2. The molecule has 0 unspecified atom stereocenters. The number of hydrogen-bond donors (Lipinski definition) is 2. The highest BCUT2D eigenvalue weighted by Crippen LogP contribution is 2.18. The number of hydrogen-bond acceptors (Lipinski definition) is 3. The summed E-state index contributed by atoms with van der Waals surface area (Å²) in [5, 5.41) is 17.6. The van der Waals surface area contributed by atoms with E-state index in [0.717, 1.165) is 6.20 Å². The van der Waals surface area contributed by atoms with Crippen molar-refractivity contribution in [1.82, 2.24) is 4.98 Å². The van der Waals surface area contributed by atoms with Gasteiger partial charge in [-0.15, -0.1) is 0 Å². The molecule has 13 heavy (non-hydrogen) atoms. The maximum absolute atomic E-state index is 13.4. The van der Waals surface area contributed by atoms with Gasteiger partial charge in [0.2, 0.25) is 0 Å². The van der Waals surface area contributed by atoms with Gasteiger partial charge in [0.15, 0.2) is 0 Å². The molecule has 1 heterocycles. The van der Waals surface area contributed by atoms with Crippen molar-refractivity contribution in [1.29, 1.82) is 0 Å². The highest BCUT2D eigenvalue weighted by Gasteiger charge is 2.22. The van der Waals surface area contributed by atoms with E-state index < -0.39 is 12.9 Å². The van der Waals surface area contributed by atoms with Gasteiger partial charge in [-0.3, -0.25) is 4.98 Å². The molecule has 2 rings (SSSR count). The molecule has 1 aromatic rings. The first-order chi connectivity index (χ1) is 6.20. The Balaban J connectivity index is 2.58. The summed E-state index contributed by atoms with van der Waals surface area (Å²) in [5.41, 5.74) is 0.831. The van der Waals surface area contributed by atoms with E-state index in [9.17, 15) is 4.39 Å². The standard InChI is InChI=1S/C8H7BFNO2/c10-8-5-2-1-3-7(5)11-4-6(8)9(12)13/h1-2,4,12-13H,3H2. The van der Waals surface area contributed by atoms with Crippen LogP contribution in [0, 0.1) is 5.82 Å². The summed E-state index contributed by atoms with van der Waals surface area (Å²) < 4.78 is 13.4. The molecule has 0 saturated carbocycles. The van der Waals surface area contributed by atoms with Crippen LogP contribution in [0.15, 0.2) is 12.3 Å². The summed E-state index contributed by atoms with van der Waals surface area (Å²) in [6, 6.07) is 0. The summed E-state index contributed by atoms with van der Waals surface area (Å²) in [5.74, 6) is -0.589. The minimum absolute atomic E-state index is 0.176. The van der Waals surface area contributed by atoms with Crippen molar-refractivity contribution >= 4 is 18.7 Å². The average Bonchev–Trinajstić information content (AvgIpc) is 2.52. The van der Waals surface area contributed by atoms with E-state index in [2.05, 4.69) is 4.98 Å². The summed E-state index contributed by atoms with van der Waals surface area (Å²) >= 11 is 0. The SMILES string of the molecule is OB(O)c1cnc2c(c1F)C=CC2. The van der Waals surface area contributed by atoms with E-state index in [0.29, 0.717) is 17.7 Å². The number of allylic oxidation sites excluding steroid dienone is 1. The van der Waals surface area contributed by atoms with Crippen LogP contribution < -0.4 is 5.46 Å². The molecule has 1 aliphatic rings. The van der Waals surface area contributed by atoms with E-state index in [1.807, 2.05) is 0 Å². The molecule has 0 atom stereocenters. The Labute approximate surface area is 74.7 Å². The fraction of sp³-hybridized carbons (Fsp3) is 0.125. The lowest BCUT2D eigenvalue weighted by atomic mass is 9.80. The van der Waals surface area contributed by atoms with Gasteiger partial charge >= 0.3 is 7.12 Å². The van der Waals surface area contributed by atoms with Crippen molar-refractivity contribution in [2.45, 2.75) is 6.42 Å². The molecule has 0 saturated heterocycles. The van der Waals surface area contributed by atoms with E-state index in [1.165, 1.54) is 0 Å². The largest absolute Gasteiger partial charge is 0.493 e. The van der Waals surface area contributed by atoms with Gasteiger partial charge < -0.3 is 10.0 Å². The lowest BCUT2D eigenvalue weighted by molar-refractivity contribution is 0.422. The fourth-order valence-electron chi connectivity index (χ4n) is 1.36. The quantitative estimate of drug-likeness (QED) is 0.569. The highest BCUT2D eigenvalue weighted by molar-refractivity contribution is 6.58. The Kier molecular flexibility index (Phi) is 1.90. The molecule has 3 nitrogen and oxygen atoms in total. The minimum atomic E-state index is -1.80. The molecule has 0 aliphatic heterocycles. The molecule has 0 aromatic carbocycles. The van der Waals surface area contributed by atoms with Crippen molar-refractivity contribution in [3.8, 4) is 0 Å². The molecular formula is C8H7BFNO2. The van der Waals surface area contributed by atoms with Crippen LogP contribution in [0.25, 0.3) is 6.08 Å². The van der Waals surface area contributed by atoms with Crippen molar-refractivity contribution in [2.75, 3.05) is 0 Å². The maximum Gasteiger partial charge on any atom is 0.493 e. The van der Waals surface area contributed by atoms with Crippen LogP contribution in [0.3, 0.4) is 0 Å². The van der Waals surface area contributed by atoms with Crippen LogP contribution in [-0.2, 0) is 6.42 Å². The van der Waals surface area contributed by atoms with E-state index >= 15 is 0 Å². The smallest absolute Gasteiger partial charge is 0.423 e. The molecular weight excluding hydrogens is 172 g/mol. The zero-order chi connectivity index (χ0) is 9.42. The maximum atomic E-state index is 13.4. The summed E-state index contributed by atoms with van der Waals surface area (Å²) in [6.45, 7) is 0. The second-order valence-electron chi connectivity index (χ2n) is 2.87. The number of aromatic nitrogens is 1. The van der Waals surface area contributed by atoms with Gasteiger partial charge in [-0.2, -0.15) is 0 Å². The molecule has 0 amide bonds. The molecule has 0 fully saturated rings. The second kappa shape index (κ2) is 2.94.